The van der Waals surface area contributed by atoms with Crippen LogP contribution >= 0.6 is 34.2 Å². The number of aromatic nitrogens is 1. The molecular formula is C15H10ClIN8. The highest BCUT2D eigenvalue weighted by Crippen LogP contribution is 2.42. The fourth-order valence-corrected chi connectivity index (χ4v) is 3.37. The Morgan fingerprint density at radius 1 is 1.32 bits per heavy atom. The molecule has 124 valence electrons. The van der Waals surface area contributed by atoms with E-state index in [2.05, 4.69) is 43.2 Å². The first-order valence-electron chi connectivity index (χ1n) is 6.90. The Hall–Kier alpha value is -2.76. The quantitative estimate of drug-likeness (QED) is 0.287. The number of hydrogen-bond acceptors (Lipinski definition) is 8. The molecule has 1 aromatic carbocycles. The zero-order chi connectivity index (χ0) is 18.1. The van der Waals surface area contributed by atoms with E-state index in [4.69, 9.17) is 28.3 Å². The lowest BCUT2D eigenvalue weighted by Crippen LogP contribution is -2.33. The standard InChI is InChI=1S/C15H10ClIN8/c16-8-3-1-2-6(10(8)17)12-9-11(20)7(4-18)13(21)24-14(9)25-15(23-12)22-5-19/h1-3,12H,(H6,20,21,22,23,24,25). The number of anilines is 3. The second-order valence-corrected chi connectivity index (χ2v) is 6.53. The number of nitriles is 2. The van der Waals surface area contributed by atoms with Crippen molar-refractivity contribution >= 4 is 57.5 Å². The van der Waals surface area contributed by atoms with Gasteiger partial charge in [-0.05, 0) is 34.2 Å². The van der Waals surface area contributed by atoms with Crippen molar-refractivity contribution in [1.29, 1.82) is 10.5 Å². The van der Waals surface area contributed by atoms with Crippen molar-refractivity contribution in [2.45, 2.75) is 6.04 Å². The number of rotatable bonds is 1. The Morgan fingerprint density at radius 2 is 2.08 bits per heavy atom. The molecule has 0 fully saturated rings. The Kier molecular flexibility index (Phi) is 4.53. The maximum Gasteiger partial charge on any atom is 0.211 e. The van der Waals surface area contributed by atoms with Crippen molar-refractivity contribution in [3.05, 3.63) is 43.5 Å². The molecule has 0 radical (unpaired) electrons. The van der Waals surface area contributed by atoms with Gasteiger partial charge in [-0.25, -0.2) is 9.98 Å². The number of aliphatic imine (C=N–C) groups is 1. The van der Waals surface area contributed by atoms with Gasteiger partial charge in [0.05, 0.1) is 10.7 Å². The van der Waals surface area contributed by atoms with Crippen molar-refractivity contribution in [3.8, 4) is 12.3 Å². The van der Waals surface area contributed by atoms with Crippen molar-refractivity contribution in [1.82, 2.24) is 10.3 Å². The van der Waals surface area contributed by atoms with Crippen LogP contribution in [0.15, 0.2) is 23.2 Å². The predicted molar refractivity (Wildman–Crippen MR) is 104 cm³/mol. The van der Waals surface area contributed by atoms with Gasteiger partial charge in [0.15, 0.2) is 6.19 Å². The molecule has 0 aliphatic carbocycles. The van der Waals surface area contributed by atoms with Gasteiger partial charge in [-0.1, -0.05) is 23.7 Å². The van der Waals surface area contributed by atoms with E-state index in [1.807, 2.05) is 12.1 Å². The summed E-state index contributed by atoms with van der Waals surface area (Å²) in [5.74, 6) is 0.540. The number of nitrogens with two attached hydrogens (primary N) is 2. The van der Waals surface area contributed by atoms with Crippen LogP contribution in [0.2, 0.25) is 5.02 Å². The first-order chi connectivity index (χ1) is 12.0. The van der Waals surface area contributed by atoms with E-state index in [1.165, 1.54) is 0 Å². The fraction of sp³-hybridized carbons (Fsp3) is 0.0667. The van der Waals surface area contributed by atoms with Crippen LogP contribution in [0.5, 0.6) is 0 Å². The van der Waals surface area contributed by atoms with Crippen LogP contribution in [-0.2, 0) is 0 Å². The smallest absolute Gasteiger partial charge is 0.211 e. The van der Waals surface area contributed by atoms with E-state index in [-0.39, 0.29) is 23.0 Å². The molecule has 6 N–H and O–H groups in total. The largest absolute Gasteiger partial charge is 0.397 e. The van der Waals surface area contributed by atoms with Crippen molar-refractivity contribution < 1.29 is 0 Å². The molecule has 0 saturated carbocycles. The molecule has 0 bridgehead atoms. The SMILES string of the molecule is N#CNC1=NC(c2cccc(Cl)c2I)c2c(nc(N)c(C#N)c2N)N1. The molecule has 0 amide bonds. The van der Waals surface area contributed by atoms with Crippen LogP contribution in [0.4, 0.5) is 17.3 Å². The molecule has 10 heteroatoms. The van der Waals surface area contributed by atoms with E-state index in [9.17, 15) is 5.26 Å². The maximum absolute atomic E-state index is 9.31. The van der Waals surface area contributed by atoms with Gasteiger partial charge in [0, 0.05) is 9.13 Å². The van der Waals surface area contributed by atoms with Crippen LogP contribution in [0, 0.1) is 26.4 Å². The molecule has 1 aliphatic rings. The van der Waals surface area contributed by atoms with Crippen LogP contribution in [0.1, 0.15) is 22.7 Å². The number of nitrogens with one attached hydrogen (secondary N) is 2. The van der Waals surface area contributed by atoms with E-state index < -0.39 is 6.04 Å². The number of halogens is 2. The predicted octanol–water partition coefficient (Wildman–Crippen LogP) is 2.32. The van der Waals surface area contributed by atoms with Gasteiger partial charge in [0.1, 0.15) is 29.3 Å². The normalized spacial score (nSPS) is 15.2. The average Bonchev–Trinajstić information content (AvgIpc) is 2.57. The third kappa shape index (κ3) is 2.88. The van der Waals surface area contributed by atoms with E-state index in [0.717, 1.165) is 9.13 Å². The van der Waals surface area contributed by atoms with Gasteiger partial charge < -0.3 is 16.8 Å². The lowest BCUT2D eigenvalue weighted by atomic mass is 9.95. The number of guanidine groups is 1. The average molecular weight is 465 g/mol. The number of pyridine rings is 1. The zero-order valence-corrected chi connectivity index (χ0v) is 15.4. The molecule has 0 spiro atoms. The number of benzene rings is 1. The molecule has 1 unspecified atom stereocenters. The third-order valence-electron chi connectivity index (χ3n) is 3.63. The summed E-state index contributed by atoms with van der Waals surface area (Å²) in [5.41, 5.74) is 13.6. The van der Waals surface area contributed by atoms with Gasteiger partial charge in [-0.15, -0.1) is 0 Å². The van der Waals surface area contributed by atoms with Gasteiger partial charge in [-0.3, -0.25) is 5.32 Å². The fourth-order valence-electron chi connectivity index (χ4n) is 2.54. The minimum absolute atomic E-state index is 0.00370. The molecule has 1 aliphatic heterocycles. The van der Waals surface area contributed by atoms with E-state index in [1.54, 1.807) is 18.3 Å². The molecule has 2 aromatic rings. The van der Waals surface area contributed by atoms with Crippen molar-refractivity contribution in [3.63, 3.8) is 0 Å². The summed E-state index contributed by atoms with van der Waals surface area (Å²) in [5, 5.41) is 24.1. The number of nitrogen functional groups attached to an aromatic ring is 2. The molecule has 8 nitrogen and oxygen atoms in total. The first kappa shape index (κ1) is 17.1. The highest BCUT2D eigenvalue weighted by molar-refractivity contribution is 14.1. The molecule has 25 heavy (non-hydrogen) atoms. The van der Waals surface area contributed by atoms with Crippen LogP contribution < -0.4 is 22.1 Å². The minimum Gasteiger partial charge on any atom is -0.397 e. The first-order valence-corrected chi connectivity index (χ1v) is 8.36. The van der Waals surface area contributed by atoms with Gasteiger partial charge in [-0.2, -0.15) is 10.5 Å². The Bertz CT molecular complexity index is 988. The van der Waals surface area contributed by atoms with Crippen LogP contribution in [-0.4, -0.2) is 10.9 Å². The monoisotopic (exact) mass is 464 g/mol. The van der Waals surface area contributed by atoms with Crippen molar-refractivity contribution in [2.24, 2.45) is 4.99 Å². The summed E-state index contributed by atoms with van der Waals surface area (Å²) in [7, 11) is 0. The highest BCUT2D eigenvalue weighted by atomic mass is 127. The number of hydrogen-bond donors (Lipinski definition) is 4. The third-order valence-corrected chi connectivity index (χ3v) is 5.47. The summed E-state index contributed by atoms with van der Waals surface area (Å²) in [4.78, 5) is 8.69. The Labute approximate surface area is 161 Å². The molecular weight excluding hydrogens is 455 g/mol. The van der Waals surface area contributed by atoms with Crippen LogP contribution in [0.3, 0.4) is 0 Å². The minimum atomic E-state index is -0.599. The van der Waals surface area contributed by atoms with Crippen molar-refractivity contribution in [2.75, 3.05) is 16.8 Å². The summed E-state index contributed by atoms with van der Waals surface area (Å²) in [6.07, 6.45) is 1.80. The number of nitrogens with zero attached hydrogens (tertiary/aromatic N) is 4. The Morgan fingerprint density at radius 3 is 2.76 bits per heavy atom. The second-order valence-electron chi connectivity index (χ2n) is 5.04. The molecule has 0 saturated heterocycles. The molecule has 2 heterocycles. The van der Waals surface area contributed by atoms with E-state index >= 15 is 0 Å². The zero-order valence-electron chi connectivity index (χ0n) is 12.5. The maximum atomic E-state index is 9.31. The lowest BCUT2D eigenvalue weighted by molar-refractivity contribution is 0.841. The molecule has 1 atom stereocenters. The summed E-state index contributed by atoms with van der Waals surface area (Å²) < 4.78 is 0.786. The van der Waals surface area contributed by atoms with Gasteiger partial charge in [0.2, 0.25) is 5.96 Å². The summed E-state index contributed by atoms with van der Waals surface area (Å²) in [6, 6.07) is 6.77. The number of fused-ring (bicyclic) bond motifs is 1. The van der Waals surface area contributed by atoms with E-state index in [0.29, 0.717) is 16.4 Å². The van der Waals surface area contributed by atoms with Crippen LogP contribution in [0.25, 0.3) is 0 Å². The Balaban J connectivity index is 2.30. The lowest BCUT2D eigenvalue weighted by Gasteiger charge is -2.26. The van der Waals surface area contributed by atoms with Gasteiger partial charge in [0.25, 0.3) is 0 Å². The topological polar surface area (TPSA) is 149 Å². The summed E-state index contributed by atoms with van der Waals surface area (Å²) in [6.45, 7) is 0. The molecule has 3 rings (SSSR count). The molecule has 1 aromatic heterocycles. The summed E-state index contributed by atoms with van der Waals surface area (Å²) >= 11 is 8.34. The van der Waals surface area contributed by atoms with Gasteiger partial charge >= 0.3 is 0 Å². The highest BCUT2D eigenvalue weighted by Gasteiger charge is 2.30. The second kappa shape index (κ2) is 6.63.